The van der Waals surface area contributed by atoms with Gasteiger partial charge in [-0.25, -0.2) is 0 Å². The molecule has 1 unspecified atom stereocenters. The molecule has 0 saturated heterocycles. The van der Waals surface area contributed by atoms with Crippen LogP contribution < -0.4 is 5.73 Å². The third kappa shape index (κ3) is 5.03. The first-order valence-corrected chi connectivity index (χ1v) is 8.59. The molecule has 1 aromatic rings. The highest BCUT2D eigenvalue weighted by Crippen LogP contribution is 2.31. The highest BCUT2D eigenvalue weighted by atomic mass is 79.9. The summed E-state index contributed by atoms with van der Waals surface area (Å²) in [7, 11) is 0. The molecule has 1 aromatic carbocycles. The molecule has 0 aliphatic carbocycles. The number of halogens is 2. The minimum Gasteiger partial charge on any atom is -0.329 e. The topological polar surface area (TPSA) is 29.3 Å². The van der Waals surface area contributed by atoms with Crippen LogP contribution in [-0.4, -0.2) is 24.0 Å². The molecule has 2 nitrogen and oxygen atoms in total. The molecule has 1 rings (SSSR count). The fourth-order valence-corrected chi connectivity index (χ4v) is 3.48. The lowest BCUT2D eigenvalue weighted by atomic mass is 10.0. The Hall–Kier alpha value is -0.0900. The third-order valence-electron chi connectivity index (χ3n) is 3.63. The molecular weight excluding hydrogens is 336 g/mol. The van der Waals surface area contributed by atoms with Crippen molar-refractivity contribution in [2.75, 3.05) is 13.1 Å². The van der Waals surface area contributed by atoms with Crippen molar-refractivity contribution < 1.29 is 0 Å². The zero-order valence-corrected chi connectivity index (χ0v) is 15.0. The number of unbranched alkanes of at least 4 members (excludes halogenated alkanes) is 2. The minimum atomic E-state index is 0.235. The van der Waals surface area contributed by atoms with Crippen LogP contribution in [0.4, 0.5) is 0 Å². The monoisotopic (exact) mass is 360 g/mol. The van der Waals surface area contributed by atoms with Crippen molar-refractivity contribution in [2.45, 2.75) is 52.1 Å². The van der Waals surface area contributed by atoms with E-state index in [2.05, 4.69) is 47.7 Å². The van der Waals surface area contributed by atoms with Gasteiger partial charge in [0.05, 0.1) is 0 Å². The normalized spacial score (nSPS) is 13.2. The summed E-state index contributed by atoms with van der Waals surface area (Å²) in [4.78, 5) is 2.49. The largest absolute Gasteiger partial charge is 0.329 e. The summed E-state index contributed by atoms with van der Waals surface area (Å²) < 4.78 is 1.04. The standard InChI is InChI=1S/C16H26BrClN2/c1-4-5-6-9-20(12(2)3)16(11-19)14-8-7-13(18)10-15(14)17/h7-8,10,12,16H,4-6,9,11,19H2,1-3H3. The van der Waals surface area contributed by atoms with Crippen LogP contribution in [0.25, 0.3) is 0 Å². The van der Waals surface area contributed by atoms with E-state index in [0.717, 1.165) is 16.0 Å². The van der Waals surface area contributed by atoms with Gasteiger partial charge in [-0.2, -0.15) is 0 Å². The molecule has 114 valence electrons. The van der Waals surface area contributed by atoms with Gasteiger partial charge in [0.2, 0.25) is 0 Å². The number of rotatable bonds is 8. The predicted molar refractivity (Wildman–Crippen MR) is 92.3 cm³/mol. The highest BCUT2D eigenvalue weighted by molar-refractivity contribution is 9.10. The van der Waals surface area contributed by atoms with Crippen LogP contribution in [0.15, 0.2) is 22.7 Å². The number of nitrogens with zero attached hydrogens (tertiary/aromatic N) is 1. The van der Waals surface area contributed by atoms with Gasteiger partial charge in [0, 0.05) is 28.1 Å². The fourth-order valence-electron chi connectivity index (χ4n) is 2.53. The average Bonchev–Trinajstić information content (AvgIpc) is 2.39. The Morgan fingerprint density at radius 1 is 1.30 bits per heavy atom. The summed E-state index contributed by atoms with van der Waals surface area (Å²) >= 11 is 9.66. The molecule has 0 aromatic heterocycles. The average molecular weight is 362 g/mol. The van der Waals surface area contributed by atoms with Crippen LogP contribution in [0.5, 0.6) is 0 Å². The van der Waals surface area contributed by atoms with E-state index in [4.69, 9.17) is 17.3 Å². The summed E-state index contributed by atoms with van der Waals surface area (Å²) in [5, 5.41) is 0.749. The Labute approximate surface area is 136 Å². The minimum absolute atomic E-state index is 0.235. The molecule has 0 heterocycles. The lowest BCUT2D eigenvalue weighted by molar-refractivity contribution is 0.153. The number of hydrogen-bond donors (Lipinski definition) is 1. The molecule has 1 atom stereocenters. The Morgan fingerprint density at radius 3 is 2.50 bits per heavy atom. The second kappa shape index (κ2) is 9.04. The smallest absolute Gasteiger partial charge is 0.0484 e. The lowest BCUT2D eigenvalue weighted by Gasteiger charge is -2.35. The van der Waals surface area contributed by atoms with Crippen molar-refractivity contribution in [1.82, 2.24) is 4.90 Å². The zero-order chi connectivity index (χ0) is 15.1. The fraction of sp³-hybridized carbons (Fsp3) is 0.625. The molecule has 0 aliphatic rings. The van der Waals surface area contributed by atoms with E-state index in [9.17, 15) is 0 Å². The van der Waals surface area contributed by atoms with Gasteiger partial charge in [0.1, 0.15) is 0 Å². The lowest BCUT2D eigenvalue weighted by Crippen LogP contribution is -2.39. The Kier molecular flexibility index (Phi) is 8.11. The molecule has 0 aliphatic heterocycles. The van der Waals surface area contributed by atoms with Gasteiger partial charge in [-0.1, -0.05) is 53.4 Å². The van der Waals surface area contributed by atoms with Crippen LogP contribution in [0.1, 0.15) is 51.6 Å². The van der Waals surface area contributed by atoms with Gasteiger partial charge in [0.25, 0.3) is 0 Å². The van der Waals surface area contributed by atoms with E-state index in [1.807, 2.05) is 12.1 Å². The van der Waals surface area contributed by atoms with Crippen LogP contribution in [0, 0.1) is 0 Å². The maximum atomic E-state index is 6.06. The molecular formula is C16H26BrClN2. The van der Waals surface area contributed by atoms with Crippen molar-refractivity contribution in [3.05, 3.63) is 33.3 Å². The maximum Gasteiger partial charge on any atom is 0.0484 e. The van der Waals surface area contributed by atoms with Crippen LogP contribution >= 0.6 is 27.5 Å². The van der Waals surface area contributed by atoms with Crippen LogP contribution in [0.3, 0.4) is 0 Å². The van der Waals surface area contributed by atoms with Crippen molar-refractivity contribution in [2.24, 2.45) is 5.73 Å². The van der Waals surface area contributed by atoms with E-state index < -0.39 is 0 Å². The van der Waals surface area contributed by atoms with Crippen molar-refractivity contribution in [3.8, 4) is 0 Å². The van der Waals surface area contributed by atoms with Gasteiger partial charge in [-0.3, -0.25) is 4.90 Å². The first-order valence-electron chi connectivity index (χ1n) is 7.42. The van der Waals surface area contributed by atoms with E-state index in [1.165, 1.54) is 24.8 Å². The number of nitrogens with two attached hydrogens (primary N) is 1. The summed E-state index contributed by atoms with van der Waals surface area (Å²) in [6.45, 7) is 8.40. The Morgan fingerprint density at radius 2 is 2.00 bits per heavy atom. The van der Waals surface area contributed by atoms with E-state index in [0.29, 0.717) is 12.6 Å². The second-order valence-electron chi connectivity index (χ2n) is 5.46. The maximum absolute atomic E-state index is 6.06. The molecule has 20 heavy (non-hydrogen) atoms. The van der Waals surface area contributed by atoms with E-state index in [1.54, 1.807) is 0 Å². The van der Waals surface area contributed by atoms with Gasteiger partial charge in [-0.15, -0.1) is 0 Å². The first-order chi connectivity index (χ1) is 9.51. The van der Waals surface area contributed by atoms with Gasteiger partial charge in [-0.05, 0) is 44.5 Å². The molecule has 0 fully saturated rings. The Bertz CT molecular complexity index is 409. The van der Waals surface area contributed by atoms with Gasteiger partial charge >= 0.3 is 0 Å². The van der Waals surface area contributed by atoms with Crippen molar-refractivity contribution in [3.63, 3.8) is 0 Å². The molecule has 0 bridgehead atoms. The number of hydrogen-bond acceptors (Lipinski definition) is 2. The van der Waals surface area contributed by atoms with Crippen LogP contribution in [0.2, 0.25) is 5.02 Å². The molecule has 2 N–H and O–H groups in total. The van der Waals surface area contributed by atoms with Gasteiger partial charge < -0.3 is 5.73 Å². The van der Waals surface area contributed by atoms with Crippen molar-refractivity contribution >= 4 is 27.5 Å². The van der Waals surface area contributed by atoms with E-state index >= 15 is 0 Å². The SMILES string of the molecule is CCCCCN(C(C)C)C(CN)c1ccc(Cl)cc1Br. The Balaban J connectivity index is 2.94. The quantitative estimate of drug-likeness (QED) is 0.660. The zero-order valence-electron chi connectivity index (χ0n) is 12.7. The molecule has 0 radical (unpaired) electrons. The molecule has 0 spiro atoms. The molecule has 4 heteroatoms. The molecule has 0 amide bonds. The number of benzene rings is 1. The highest BCUT2D eigenvalue weighted by Gasteiger charge is 2.23. The predicted octanol–water partition coefficient (Wildman–Crippen LogP) is 5.00. The van der Waals surface area contributed by atoms with Crippen LogP contribution in [-0.2, 0) is 0 Å². The summed E-state index contributed by atoms with van der Waals surface area (Å²) in [5.41, 5.74) is 7.28. The first kappa shape index (κ1) is 18.0. The summed E-state index contributed by atoms with van der Waals surface area (Å²) in [5.74, 6) is 0. The summed E-state index contributed by atoms with van der Waals surface area (Å²) in [6, 6.07) is 6.68. The summed E-state index contributed by atoms with van der Waals surface area (Å²) in [6.07, 6.45) is 3.72. The van der Waals surface area contributed by atoms with Crippen molar-refractivity contribution in [1.29, 1.82) is 0 Å². The van der Waals surface area contributed by atoms with Gasteiger partial charge in [0.15, 0.2) is 0 Å². The molecule has 0 saturated carbocycles. The second-order valence-corrected chi connectivity index (χ2v) is 6.75. The van der Waals surface area contributed by atoms with E-state index in [-0.39, 0.29) is 6.04 Å². The third-order valence-corrected chi connectivity index (χ3v) is 4.55.